The maximum atomic E-state index is 3.56. The van der Waals surface area contributed by atoms with Gasteiger partial charge >= 0.3 is 0 Å². The van der Waals surface area contributed by atoms with E-state index in [2.05, 4.69) is 54.8 Å². The molecule has 2 nitrogen and oxygen atoms in total. The van der Waals surface area contributed by atoms with E-state index in [1.165, 1.54) is 69.9 Å². The van der Waals surface area contributed by atoms with Gasteiger partial charge in [-0.2, -0.15) is 0 Å². The summed E-state index contributed by atoms with van der Waals surface area (Å²) < 4.78 is 0. The molecular formula is C22H40N2. The molecule has 0 amide bonds. The van der Waals surface area contributed by atoms with Gasteiger partial charge in [0.2, 0.25) is 0 Å². The number of rotatable bonds is 16. The lowest BCUT2D eigenvalue weighted by molar-refractivity contribution is 0.537. The van der Waals surface area contributed by atoms with E-state index in [-0.39, 0.29) is 0 Å². The van der Waals surface area contributed by atoms with Crippen LogP contribution in [0.3, 0.4) is 0 Å². The monoisotopic (exact) mass is 332 g/mol. The zero-order chi connectivity index (χ0) is 17.3. The highest BCUT2D eigenvalue weighted by atomic mass is 14.9. The van der Waals surface area contributed by atoms with Gasteiger partial charge in [-0.3, -0.25) is 0 Å². The van der Waals surface area contributed by atoms with Crippen LogP contribution in [0.4, 0.5) is 0 Å². The molecule has 0 aromatic heterocycles. The van der Waals surface area contributed by atoms with Gasteiger partial charge < -0.3 is 10.6 Å². The summed E-state index contributed by atoms with van der Waals surface area (Å²) in [6.45, 7) is 8.95. The van der Waals surface area contributed by atoms with Gasteiger partial charge in [-0.25, -0.2) is 0 Å². The first kappa shape index (κ1) is 21.2. The van der Waals surface area contributed by atoms with Crippen molar-refractivity contribution in [2.45, 2.75) is 77.6 Å². The summed E-state index contributed by atoms with van der Waals surface area (Å²) in [4.78, 5) is 0. The molecule has 0 fully saturated rings. The van der Waals surface area contributed by atoms with Crippen LogP contribution >= 0.6 is 0 Å². The Balaban J connectivity index is 1.79. The zero-order valence-corrected chi connectivity index (χ0v) is 16.2. The molecule has 2 N–H and O–H groups in total. The first-order chi connectivity index (χ1) is 11.8. The van der Waals surface area contributed by atoms with E-state index < -0.39 is 0 Å². The summed E-state index contributed by atoms with van der Waals surface area (Å²) in [5, 5.41) is 7.11. The molecular weight excluding hydrogens is 292 g/mol. The minimum absolute atomic E-state index is 0.587. The molecule has 1 rings (SSSR count). The maximum absolute atomic E-state index is 3.56. The molecule has 0 bridgehead atoms. The lowest BCUT2D eigenvalue weighted by Crippen LogP contribution is -2.30. The van der Waals surface area contributed by atoms with Crippen molar-refractivity contribution in [3.05, 3.63) is 35.9 Å². The molecule has 138 valence electrons. The highest BCUT2D eigenvalue weighted by molar-refractivity contribution is 5.18. The molecule has 1 unspecified atom stereocenters. The maximum Gasteiger partial charge on any atom is 0.00769 e. The number of nitrogens with one attached hydrogen (secondary N) is 2. The van der Waals surface area contributed by atoms with Gasteiger partial charge in [0, 0.05) is 19.6 Å². The van der Waals surface area contributed by atoms with Gasteiger partial charge in [0.15, 0.2) is 0 Å². The fraction of sp³-hybridized carbons (Fsp3) is 0.727. The van der Waals surface area contributed by atoms with Crippen LogP contribution in [0.2, 0.25) is 0 Å². The number of benzene rings is 1. The van der Waals surface area contributed by atoms with Crippen molar-refractivity contribution in [3.63, 3.8) is 0 Å². The van der Waals surface area contributed by atoms with Crippen LogP contribution in [0.1, 0.15) is 83.1 Å². The minimum Gasteiger partial charge on any atom is -0.315 e. The first-order valence-corrected chi connectivity index (χ1v) is 10.3. The van der Waals surface area contributed by atoms with E-state index in [0.29, 0.717) is 5.92 Å². The van der Waals surface area contributed by atoms with Gasteiger partial charge in [-0.15, -0.1) is 0 Å². The van der Waals surface area contributed by atoms with E-state index >= 15 is 0 Å². The molecule has 0 heterocycles. The molecule has 0 aliphatic carbocycles. The molecule has 0 aliphatic rings. The molecule has 1 aromatic carbocycles. The van der Waals surface area contributed by atoms with Crippen molar-refractivity contribution in [2.24, 2.45) is 0 Å². The molecule has 0 saturated carbocycles. The van der Waals surface area contributed by atoms with E-state index in [4.69, 9.17) is 0 Å². The normalized spacial score (nSPS) is 12.4. The van der Waals surface area contributed by atoms with Crippen LogP contribution in [-0.4, -0.2) is 26.2 Å². The van der Waals surface area contributed by atoms with Crippen molar-refractivity contribution in [3.8, 4) is 0 Å². The van der Waals surface area contributed by atoms with Gasteiger partial charge in [0.05, 0.1) is 0 Å². The van der Waals surface area contributed by atoms with Crippen molar-refractivity contribution < 1.29 is 0 Å². The standard InChI is InChI=1S/C22H40N2/c1-3-4-5-6-7-8-9-10-14-17-23-18-19-24-20-21(2)22-15-12-11-13-16-22/h11-13,15-16,21,23-24H,3-10,14,17-20H2,1-2H3. The summed E-state index contributed by atoms with van der Waals surface area (Å²) in [7, 11) is 0. The molecule has 1 aromatic rings. The highest BCUT2D eigenvalue weighted by Crippen LogP contribution is 2.12. The molecule has 24 heavy (non-hydrogen) atoms. The van der Waals surface area contributed by atoms with Crippen LogP contribution in [0.15, 0.2) is 30.3 Å². The predicted molar refractivity (Wildman–Crippen MR) is 108 cm³/mol. The zero-order valence-electron chi connectivity index (χ0n) is 16.2. The van der Waals surface area contributed by atoms with E-state index in [9.17, 15) is 0 Å². The predicted octanol–water partition coefficient (Wildman–Crippen LogP) is 5.50. The SMILES string of the molecule is CCCCCCCCCCCNCCNCC(C)c1ccccc1. The van der Waals surface area contributed by atoms with E-state index in [1.807, 2.05) is 0 Å². The molecule has 2 heteroatoms. The van der Waals surface area contributed by atoms with E-state index in [1.54, 1.807) is 0 Å². The summed E-state index contributed by atoms with van der Waals surface area (Å²) in [6, 6.07) is 10.8. The summed E-state index contributed by atoms with van der Waals surface area (Å²) in [6.07, 6.45) is 12.7. The van der Waals surface area contributed by atoms with Crippen LogP contribution in [0.5, 0.6) is 0 Å². The van der Waals surface area contributed by atoms with Crippen molar-refractivity contribution in [1.29, 1.82) is 0 Å². The fourth-order valence-electron chi connectivity index (χ4n) is 3.08. The Hall–Kier alpha value is -0.860. The minimum atomic E-state index is 0.587. The summed E-state index contributed by atoms with van der Waals surface area (Å²) >= 11 is 0. The lowest BCUT2D eigenvalue weighted by Gasteiger charge is -2.13. The topological polar surface area (TPSA) is 24.1 Å². The highest BCUT2D eigenvalue weighted by Gasteiger charge is 2.03. The smallest absolute Gasteiger partial charge is 0.00769 e. The molecule has 0 spiro atoms. The van der Waals surface area contributed by atoms with Crippen molar-refractivity contribution in [2.75, 3.05) is 26.2 Å². The van der Waals surface area contributed by atoms with Crippen LogP contribution < -0.4 is 10.6 Å². The average Bonchev–Trinajstić information content (AvgIpc) is 2.62. The Morgan fingerprint density at radius 3 is 1.96 bits per heavy atom. The molecule has 0 aliphatic heterocycles. The summed E-state index contributed by atoms with van der Waals surface area (Å²) in [5.41, 5.74) is 1.42. The van der Waals surface area contributed by atoms with Gasteiger partial charge in [-0.05, 0) is 24.4 Å². The van der Waals surface area contributed by atoms with Crippen molar-refractivity contribution >= 4 is 0 Å². The fourth-order valence-corrected chi connectivity index (χ4v) is 3.08. The Bertz CT molecular complexity index is 363. The number of hydrogen-bond acceptors (Lipinski definition) is 2. The second kappa shape index (κ2) is 15.7. The Morgan fingerprint density at radius 1 is 0.708 bits per heavy atom. The Morgan fingerprint density at radius 2 is 1.29 bits per heavy atom. The van der Waals surface area contributed by atoms with Gasteiger partial charge in [0.1, 0.15) is 0 Å². The third kappa shape index (κ3) is 11.6. The van der Waals surface area contributed by atoms with Gasteiger partial charge in [0.25, 0.3) is 0 Å². The van der Waals surface area contributed by atoms with Gasteiger partial charge in [-0.1, -0.05) is 95.5 Å². The van der Waals surface area contributed by atoms with Crippen molar-refractivity contribution in [1.82, 2.24) is 10.6 Å². The average molecular weight is 333 g/mol. The first-order valence-electron chi connectivity index (χ1n) is 10.3. The lowest BCUT2D eigenvalue weighted by atomic mass is 10.0. The summed E-state index contributed by atoms with van der Waals surface area (Å²) in [5.74, 6) is 0.587. The molecule has 0 saturated heterocycles. The largest absolute Gasteiger partial charge is 0.315 e. The second-order valence-electron chi connectivity index (χ2n) is 7.09. The number of unbranched alkanes of at least 4 members (excludes halogenated alkanes) is 8. The van der Waals surface area contributed by atoms with E-state index in [0.717, 1.165) is 19.6 Å². The Kier molecular flexibility index (Phi) is 13.8. The third-order valence-electron chi connectivity index (χ3n) is 4.75. The van der Waals surface area contributed by atoms with Crippen LogP contribution in [0.25, 0.3) is 0 Å². The second-order valence-corrected chi connectivity index (χ2v) is 7.09. The molecule has 1 atom stereocenters. The quantitative estimate of drug-likeness (QED) is 0.391. The third-order valence-corrected chi connectivity index (χ3v) is 4.75. The van der Waals surface area contributed by atoms with Crippen LogP contribution in [0, 0.1) is 0 Å². The Labute approximate surface area is 150 Å². The molecule has 0 radical (unpaired) electrons. The van der Waals surface area contributed by atoms with Crippen LogP contribution in [-0.2, 0) is 0 Å². The number of hydrogen-bond donors (Lipinski definition) is 2.